The number of thiazole rings is 1. The summed E-state index contributed by atoms with van der Waals surface area (Å²) in [6, 6.07) is 8.56. The van der Waals surface area contributed by atoms with Crippen molar-refractivity contribution in [2.24, 2.45) is 0 Å². The highest BCUT2D eigenvalue weighted by molar-refractivity contribution is 9.09. The average Bonchev–Trinajstić information content (AvgIpc) is 2.61. The molecule has 1 aromatic heterocycles. The molecule has 0 N–H and O–H groups in total. The van der Waals surface area contributed by atoms with Gasteiger partial charge in [0.25, 0.3) is 0 Å². The Morgan fingerprint density at radius 3 is 2.53 bits per heavy atom. The summed E-state index contributed by atoms with van der Waals surface area (Å²) in [5.41, 5.74) is 3.92. The lowest BCUT2D eigenvalue weighted by atomic mass is 10.0. The monoisotopic (exact) mass is 309 g/mol. The van der Waals surface area contributed by atoms with Crippen LogP contribution in [0.4, 0.5) is 0 Å². The maximum Gasteiger partial charge on any atom is 0.0900 e. The molecule has 1 atom stereocenters. The zero-order chi connectivity index (χ0) is 12.4. The van der Waals surface area contributed by atoms with Crippen LogP contribution in [-0.2, 0) is 6.42 Å². The van der Waals surface area contributed by atoms with Gasteiger partial charge in [0.15, 0.2) is 0 Å². The molecule has 0 fully saturated rings. The summed E-state index contributed by atoms with van der Waals surface area (Å²) in [6.45, 7) is 6.32. The maximum atomic E-state index is 4.48. The van der Waals surface area contributed by atoms with Crippen LogP contribution in [0.2, 0.25) is 0 Å². The average molecular weight is 310 g/mol. The van der Waals surface area contributed by atoms with Crippen molar-refractivity contribution in [1.29, 1.82) is 0 Å². The zero-order valence-electron chi connectivity index (χ0n) is 10.3. The SMILES string of the molecule is Cc1nc(C)c(C(Br)Cc2ccccc2C)s1. The third-order valence-electron chi connectivity index (χ3n) is 2.88. The molecular weight excluding hydrogens is 294 g/mol. The van der Waals surface area contributed by atoms with Crippen molar-refractivity contribution in [3.8, 4) is 0 Å². The Bertz CT molecular complexity index is 519. The van der Waals surface area contributed by atoms with Crippen LogP contribution in [0.25, 0.3) is 0 Å². The van der Waals surface area contributed by atoms with Gasteiger partial charge in [-0.1, -0.05) is 40.2 Å². The molecule has 17 heavy (non-hydrogen) atoms. The summed E-state index contributed by atoms with van der Waals surface area (Å²) in [6.07, 6.45) is 1.02. The highest BCUT2D eigenvalue weighted by Gasteiger charge is 2.15. The fourth-order valence-corrected chi connectivity index (χ4v) is 3.83. The van der Waals surface area contributed by atoms with Crippen LogP contribution in [0.15, 0.2) is 24.3 Å². The molecule has 0 radical (unpaired) electrons. The van der Waals surface area contributed by atoms with Gasteiger partial charge in [0.1, 0.15) is 0 Å². The molecule has 0 saturated carbocycles. The second-order valence-corrected chi connectivity index (χ2v) is 6.62. The van der Waals surface area contributed by atoms with Crippen molar-refractivity contribution in [1.82, 2.24) is 4.98 Å². The molecule has 1 unspecified atom stereocenters. The van der Waals surface area contributed by atoms with E-state index in [4.69, 9.17) is 0 Å². The number of hydrogen-bond acceptors (Lipinski definition) is 2. The Kier molecular flexibility index (Phi) is 4.00. The molecule has 1 aromatic carbocycles. The van der Waals surface area contributed by atoms with E-state index in [-0.39, 0.29) is 0 Å². The summed E-state index contributed by atoms with van der Waals surface area (Å²) in [7, 11) is 0. The molecule has 3 heteroatoms. The van der Waals surface area contributed by atoms with Crippen molar-refractivity contribution in [2.45, 2.75) is 32.0 Å². The van der Waals surface area contributed by atoms with Gasteiger partial charge in [-0.3, -0.25) is 0 Å². The van der Waals surface area contributed by atoms with E-state index in [0.717, 1.165) is 17.1 Å². The van der Waals surface area contributed by atoms with Crippen molar-refractivity contribution in [3.63, 3.8) is 0 Å². The second kappa shape index (κ2) is 5.32. The van der Waals surface area contributed by atoms with Crippen LogP contribution in [-0.4, -0.2) is 4.98 Å². The predicted octanol–water partition coefficient (Wildman–Crippen LogP) is 4.75. The summed E-state index contributed by atoms with van der Waals surface area (Å²) >= 11 is 5.58. The van der Waals surface area contributed by atoms with E-state index in [0.29, 0.717) is 4.83 Å². The van der Waals surface area contributed by atoms with Gasteiger partial charge in [0.2, 0.25) is 0 Å². The van der Waals surface area contributed by atoms with Gasteiger partial charge in [-0.05, 0) is 38.3 Å². The van der Waals surface area contributed by atoms with Gasteiger partial charge in [0.05, 0.1) is 15.5 Å². The molecule has 0 bridgehead atoms. The van der Waals surface area contributed by atoms with Crippen molar-refractivity contribution >= 4 is 27.3 Å². The van der Waals surface area contributed by atoms with E-state index in [2.05, 4.69) is 66.0 Å². The van der Waals surface area contributed by atoms with Crippen LogP contribution < -0.4 is 0 Å². The summed E-state index contributed by atoms with van der Waals surface area (Å²) in [5.74, 6) is 0. The molecule has 1 nitrogen and oxygen atoms in total. The smallest absolute Gasteiger partial charge is 0.0900 e. The fourth-order valence-electron chi connectivity index (χ4n) is 1.96. The van der Waals surface area contributed by atoms with E-state index in [1.165, 1.54) is 16.0 Å². The first kappa shape index (κ1) is 12.8. The number of halogens is 1. The number of rotatable bonds is 3. The van der Waals surface area contributed by atoms with Gasteiger partial charge >= 0.3 is 0 Å². The first-order valence-electron chi connectivity index (χ1n) is 5.70. The molecule has 0 amide bonds. The number of benzene rings is 1. The van der Waals surface area contributed by atoms with Gasteiger partial charge in [-0.15, -0.1) is 11.3 Å². The normalized spacial score (nSPS) is 12.7. The molecule has 0 aliphatic rings. The quantitative estimate of drug-likeness (QED) is 0.746. The summed E-state index contributed by atoms with van der Waals surface area (Å²) in [5, 5.41) is 1.15. The third-order valence-corrected chi connectivity index (χ3v) is 5.16. The largest absolute Gasteiger partial charge is 0.247 e. The number of aromatic nitrogens is 1. The van der Waals surface area contributed by atoms with Gasteiger partial charge in [0, 0.05) is 4.88 Å². The Balaban J connectivity index is 2.20. The molecule has 90 valence electrons. The highest BCUT2D eigenvalue weighted by atomic mass is 79.9. The molecule has 0 aliphatic heterocycles. The van der Waals surface area contributed by atoms with Crippen molar-refractivity contribution in [2.75, 3.05) is 0 Å². The Morgan fingerprint density at radius 2 is 1.94 bits per heavy atom. The number of nitrogens with zero attached hydrogens (tertiary/aromatic N) is 1. The predicted molar refractivity (Wildman–Crippen MR) is 78.1 cm³/mol. The number of aryl methyl sites for hydroxylation is 3. The lowest BCUT2D eigenvalue weighted by Gasteiger charge is -2.10. The maximum absolute atomic E-state index is 4.48. The van der Waals surface area contributed by atoms with E-state index < -0.39 is 0 Å². The standard InChI is InChI=1S/C14H16BrNS/c1-9-6-4-5-7-12(9)8-13(15)14-10(2)16-11(3)17-14/h4-7,13H,8H2,1-3H3. The van der Waals surface area contributed by atoms with Crippen LogP contribution in [0.5, 0.6) is 0 Å². The topological polar surface area (TPSA) is 12.9 Å². The van der Waals surface area contributed by atoms with Crippen molar-refractivity contribution in [3.05, 3.63) is 51.0 Å². The minimum absolute atomic E-state index is 0.370. The Hall–Kier alpha value is -0.670. The molecule has 2 aromatic rings. The minimum atomic E-state index is 0.370. The van der Waals surface area contributed by atoms with Crippen molar-refractivity contribution < 1.29 is 0 Å². The van der Waals surface area contributed by atoms with Crippen LogP contribution >= 0.6 is 27.3 Å². The summed E-state index contributed by atoms with van der Waals surface area (Å²) < 4.78 is 0. The zero-order valence-corrected chi connectivity index (χ0v) is 12.7. The minimum Gasteiger partial charge on any atom is -0.247 e. The molecule has 0 saturated heterocycles. The Morgan fingerprint density at radius 1 is 1.24 bits per heavy atom. The van der Waals surface area contributed by atoms with Crippen LogP contribution in [0.1, 0.15) is 31.5 Å². The molecule has 0 aliphatic carbocycles. The summed E-state index contributed by atoms with van der Waals surface area (Å²) in [4.78, 5) is 6.21. The van der Waals surface area contributed by atoms with Crippen LogP contribution in [0, 0.1) is 20.8 Å². The first-order chi connectivity index (χ1) is 8.08. The van der Waals surface area contributed by atoms with Crippen LogP contribution in [0.3, 0.4) is 0 Å². The van der Waals surface area contributed by atoms with E-state index >= 15 is 0 Å². The molecule has 0 spiro atoms. The van der Waals surface area contributed by atoms with E-state index in [1.54, 1.807) is 11.3 Å². The molecule has 2 rings (SSSR count). The number of alkyl halides is 1. The lowest BCUT2D eigenvalue weighted by molar-refractivity contribution is 0.940. The second-order valence-electron chi connectivity index (χ2n) is 4.28. The van der Waals surface area contributed by atoms with Gasteiger partial charge in [-0.2, -0.15) is 0 Å². The fraction of sp³-hybridized carbons (Fsp3) is 0.357. The highest BCUT2D eigenvalue weighted by Crippen LogP contribution is 2.34. The molecule has 1 heterocycles. The van der Waals surface area contributed by atoms with Gasteiger partial charge < -0.3 is 0 Å². The van der Waals surface area contributed by atoms with E-state index in [1.807, 2.05) is 0 Å². The third kappa shape index (κ3) is 2.96. The van der Waals surface area contributed by atoms with E-state index in [9.17, 15) is 0 Å². The molecular formula is C14H16BrNS. The van der Waals surface area contributed by atoms with Gasteiger partial charge in [-0.25, -0.2) is 4.98 Å². The first-order valence-corrected chi connectivity index (χ1v) is 7.43. The Labute approximate surface area is 115 Å². The number of hydrogen-bond donors (Lipinski definition) is 0. The lowest BCUT2D eigenvalue weighted by Crippen LogP contribution is -1.97.